The average molecular weight is 320 g/mol. The standard InChI is InChI=1S/C18H15F3O2/c1-12-6-8-15(17(10-12)23-2)16(22)9-7-13-4-3-5-14(11-13)18(19,20)21/h3-11H,1-2H3/b9-7+. The topological polar surface area (TPSA) is 26.3 Å². The van der Waals surface area contributed by atoms with Crippen LogP contribution < -0.4 is 4.74 Å². The van der Waals surface area contributed by atoms with Crippen LogP contribution in [0, 0.1) is 6.92 Å². The second-order valence-corrected chi connectivity index (χ2v) is 5.02. The molecular weight excluding hydrogens is 305 g/mol. The van der Waals surface area contributed by atoms with Gasteiger partial charge in [0.25, 0.3) is 0 Å². The van der Waals surface area contributed by atoms with E-state index in [4.69, 9.17) is 4.74 Å². The van der Waals surface area contributed by atoms with Crippen LogP contribution in [0.5, 0.6) is 5.75 Å². The molecule has 0 saturated heterocycles. The quantitative estimate of drug-likeness (QED) is 0.590. The maximum Gasteiger partial charge on any atom is 0.416 e. The van der Waals surface area contributed by atoms with Gasteiger partial charge in [-0.1, -0.05) is 24.3 Å². The molecule has 0 aliphatic carbocycles. The Balaban J connectivity index is 2.25. The number of rotatable bonds is 4. The van der Waals surface area contributed by atoms with Crippen LogP contribution >= 0.6 is 0 Å². The summed E-state index contributed by atoms with van der Waals surface area (Å²) in [5.74, 6) is 0.1000. The van der Waals surface area contributed by atoms with E-state index in [-0.39, 0.29) is 5.78 Å². The van der Waals surface area contributed by atoms with Gasteiger partial charge in [0.2, 0.25) is 0 Å². The average Bonchev–Trinajstić information content (AvgIpc) is 2.52. The number of hydrogen-bond acceptors (Lipinski definition) is 2. The summed E-state index contributed by atoms with van der Waals surface area (Å²) >= 11 is 0. The summed E-state index contributed by atoms with van der Waals surface area (Å²) in [7, 11) is 1.46. The van der Waals surface area contributed by atoms with Crippen LogP contribution in [0.1, 0.15) is 27.0 Å². The molecule has 2 aromatic rings. The lowest BCUT2D eigenvalue weighted by Gasteiger charge is -2.07. The number of ether oxygens (including phenoxy) is 1. The van der Waals surface area contributed by atoms with Gasteiger partial charge in [0.1, 0.15) is 5.75 Å². The molecule has 0 unspecified atom stereocenters. The highest BCUT2D eigenvalue weighted by Gasteiger charge is 2.30. The molecular formula is C18H15F3O2. The summed E-state index contributed by atoms with van der Waals surface area (Å²) in [5.41, 5.74) is 0.862. The van der Waals surface area contributed by atoms with E-state index in [9.17, 15) is 18.0 Å². The number of hydrogen-bond donors (Lipinski definition) is 0. The van der Waals surface area contributed by atoms with Gasteiger partial charge in [-0.25, -0.2) is 0 Å². The van der Waals surface area contributed by atoms with E-state index in [2.05, 4.69) is 0 Å². The largest absolute Gasteiger partial charge is 0.496 e. The predicted octanol–water partition coefficient (Wildman–Crippen LogP) is 4.92. The summed E-state index contributed by atoms with van der Waals surface area (Å²) in [4.78, 5) is 12.2. The summed E-state index contributed by atoms with van der Waals surface area (Å²) in [6, 6.07) is 9.93. The smallest absolute Gasteiger partial charge is 0.416 e. The zero-order valence-corrected chi connectivity index (χ0v) is 12.6. The Bertz CT molecular complexity index is 746. The van der Waals surface area contributed by atoms with E-state index < -0.39 is 11.7 Å². The third-order valence-corrected chi connectivity index (χ3v) is 3.26. The maximum atomic E-state index is 12.7. The number of allylic oxidation sites excluding steroid dienone is 1. The SMILES string of the molecule is COc1cc(C)ccc1C(=O)/C=C/c1cccc(C(F)(F)F)c1. The number of benzene rings is 2. The highest BCUT2D eigenvalue weighted by Crippen LogP contribution is 2.29. The maximum absolute atomic E-state index is 12.7. The van der Waals surface area contributed by atoms with Crippen molar-refractivity contribution in [3.8, 4) is 5.75 Å². The van der Waals surface area contributed by atoms with Crippen molar-refractivity contribution in [1.82, 2.24) is 0 Å². The molecule has 0 atom stereocenters. The van der Waals surface area contributed by atoms with Gasteiger partial charge >= 0.3 is 6.18 Å². The highest BCUT2D eigenvalue weighted by molar-refractivity contribution is 6.08. The van der Waals surface area contributed by atoms with Crippen molar-refractivity contribution in [3.05, 3.63) is 70.8 Å². The molecule has 0 heterocycles. The van der Waals surface area contributed by atoms with Crippen molar-refractivity contribution in [2.75, 3.05) is 7.11 Å². The van der Waals surface area contributed by atoms with Gasteiger partial charge in [-0.15, -0.1) is 0 Å². The minimum atomic E-state index is -4.41. The number of halogens is 3. The second kappa shape index (κ2) is 6.69. The first-order chi connectivity index (χ1) is 10.8. The number of methoxy groups -OCH3 is 1. The Hall–Kier alpha value is -2.56. The predicted molar refractivity (Wildman–Crippen MR) is 82.5 cm³/mol. The van der Waals surface area contributed by atoms with E-state index in [1.54, 1.807) is 18.2 Å². The molecule has 0 aliphatic rings. The Morgan fingerprint density at radius 3 is 2.52 bits per heavy atom. The van der Waals surface area contributed by atoms with E-state index >= 15 is 0 Å². The zero-order valence-electron chi connectivity index (χ0n) is 12.6. The van der Waals surface area contributed by atoms with Gasteiger partial charge in [0.05, 0.1) is 18.2 Å². The number of carbonyl (C=O) groups is 1. The molecule has 2 aromatic carbocycles. The first kappa shape index (κ1) is 16.8. The first-order valence-corrected chi connectivity index (χ1v) is 6.85. The van der Waals surface area contributed by atoms with Crippen molar-refractivity contribution >= 4 is 11.9 Å². The molecule has 2 rings (SSSR count). The highest BCUT2D eigenvalue weighted by atomic mass is 19.4. The third kappa shape index (κ3) is 4.22. The summed E-state index contributed by atoms with van der Waals surface area (Å²) in [5, 5.41) is 0. The Morgan fingerprint density at radius 2 is 1.87 bits per heavy atom. The van der Waals surface area contributed by atoms with Crippen LogP contribution in [-0.2, 0) is 6.18 Å². The molecule has 0 spiro atoms. The lowest BCUT2D eigenvalue weighted by Crippen LogP contribution is -2.04. The number of ketones is 1. The van der Waals surface area contributed by atoms with E-state index in [0.29, 0.717) is 16.9 Å². The van der Waals surface area contributed by atoms with Crippen molar-refractivity contribution in [3.63, 3.8) is 0 Å². The summed E-state index contributed by atoms with van der Waals surface area (Å²) in [6.07, 6.45) is -1.81. The lowest BCUT2D eigenvalue weighted by molar-refractivity contribution is -0.137. The van der Waals surface area contributed by atoms with Gasteiger partial charge in [0.15, 0.2) is 5.78 Å². The van der Waals surface area contributed by atoms with Gasteiger partial charge in [-0.2, -0.15) is 13.2 Å². The second-order valence-electron chi connectivity index (χ2n) is 5.02. The fourth-order valence-electron chi connectivity index (χ4n) is 2.08. The number of alkyl halides is 3. The summed E-state index contributed by atoms with van der Waals surface area (Å²) in [6.45, 7) is 1.87. The summed E-state index contributed by atoms with van der Waals surface area (Å²) < 4.78 is 43.1. The fourth-order valence-corrected chi connectivity index (χ4v) is 2.08. The van der Waals surface area contributed by atoms with Crippen LogP contribution in [-0.4, -0.2) is 12.9 Å². The number of carbonyl (C=O) groups excluding carboxylic acids is 1. The van der Waals surface area contributed by atoms with E-state index in [1.165, 1.54) is 31.4 Å². The van der Waals surface area contributed by atoms with Crippen LogP contribution in [0.3, 0.4) is 0 Å². The molecule has 0 amide bonds. The third-order valence-electron chi connectivity index (χ3n) is 3.26. The normalized spacial score (nSPS) is 11.7. The molecule has 23 heavy (non-hydrogen) atoms. The Kier molecular flexibility index (Phi) is 4.89. The van der Waals surface area contributed by atoms with Gasteiger partial charge in [0, 0.05) is 0 Å². The van der Waals surface area contributed by atoms with Crippen LogP contribution in [0.2, 0.25) is 0 Å². The fraction of sp³-hybridized carbons (Fsp3) is 0.167. The van der Waals surface area contributed by atoms with Crippen LogP contribution in [0.25, 0.3) is 6.08 Å². The van der Waals surface area contributed by atoms with Gasteiger partial charge in [-0.05, 0) is 48.4 Å². The van der Waals surface area contributed by atoms with Crippen molar-refractivity contribution < 1.29 is 22.7 Å². The van der Waals surface area contributed by atoms with Gasteiger partial charge in [-0.3, -0.25) is 4.79 Å². The molecule has 0 aliphatic heterocycles. The molecule has 0 aromatic heterocycles. The Morgan fingerprint density at radius 1 is 1.13 bits per heavy atom. The Labute approximate surface area is 132 Å². The molecule has 0 fully saturated rings. The molecule has 0 radical (unpaired) electrons. The minimum absolute atomic E-state index is 0.305. The number of aryl methyl sites for hydroxylation is 1. The monoisotopic (exact) mass is 320 g/mol. The lowest BCUT2D eigenvalue weighted by atomic mass is 10.0. The molecule has 0 saturated carbocycles. The molecule has 0 bridgehead atoms. The minimum Gasteiger partial charge on any atom is -0.496 e. The zero-order chi connectivity index (χ0) is 17.0. The van der Waals surface area contributed by atoms with Gasteiger partial charge < -0.3 is 4.74 Å². The first-order valence-electron chi connectivity index (χ1n) is 6.85. The molecule has 120 valence electrons. The molecule has 5 heteroatoms. The molecule has 2 nitrogen and oxygen atoms in total. The van der Waals surface area contributed by atoms with Crippen molar-refractivity contribution in [2.45, 2.75) is 13.1 Å². The van der Waals surface area contributed by atoms with Crippen LogP contribution in [0.4, 0.5) is 13.2 Å². The van der Waals surface area contributed by atoms with Crippen LogP contribution in [0.15, 0.2) is 48.5 Å². The van der Waals surface area contributed by atoms with Crippen molar-refractivity contribution in [1.29, 1.82) is 0 Å². The van der Waals surface area contributed by atoms with Crippen molar-refractivity contribution in [2.24, 2.45) is 0 Å². The molecule has 0 N–H and O–H groups in total. The van der Waals surface area contributed by atoms with E-state index in [1.807, 2.05) is 6.92 Å². The van der Waals surface area contributed by atoms with E-state index in [0.717, 1.165) is 17.7 Å².